The Balaban J connectivity index is 1.78. The van der Waals surface area contributed by atoms with Crippen molar-refractivity contribution in [1.82, 2.24) is 15.5 Å². The van der Waals surface area contributed by atoms with Gasteiger partial charge in [-0.1, -0.05) is 5.16 Å². The Kier molecular flexibility index (Phi) is 6.10. The highest BCUT2D eigenvalue weighted by Crippen LogP contribution is 2.12. The summed E-state index contributed by atoms with van der Waals surface area (Å²) in [5.74, 6) is 0.794. The molecule has 2 heterocycles. The second kappa shape index (κ2) is 8.28. The van der Waals surface area contributed by atoms with Crippen molar-refractivity contribution in [3.05, 3.63) is 41.5 Å². The number of carbonyl (C=O) groups excluding carboxylic acids is 1. The number of nitrogens with one attached hydrogen (secondary N) is 1. The lowest BCUT2D eigenvalue weighted by Gasteiger charge is -2.07. The number of aromatic nitrogens is 2. The van der Waals surface area contributed by atoms with Gasteiger partial charge < -0.3 is 19.3 Å². The lowest BCUT2D eigenvalue weighted by Crippen LogP contribution is -2.28. The van der Waals surface area contributed by atoms with E-state index < -0.39 is 0 Å². The lowest BCUT2D eigenvalue weighted by molar-refractivity contribution is 0.0743. The van der Waals surface area contributed by atoms with Gasteiger partial charge in [-0.3, -0.25) is 9.78 Å². The van der Waals surface area contributed by atoms with Crippen LogP contribution in [-0.4, -0.2) is 35.3 Å². The molecular formula is C16H21N3O4. The summed E-state index contributed by atoms with van der Waals surface area (Å²) < 4.78 is 16.0. The monoisotopic (exact) mass is 319 g/mol. The van der Waals surface area contributed by atoms with Crippen LogP contribution in [0.2, 0.25) is 0 Å². The Hall–Kier alpha value is -2.41. The molecule has 0 aromatic carbocycles. The molecule has 2 aromatic rings. The van der Waals surface area contributed by atoms with E-state index in [1.807, 2.05) is 32.9 Å². The van der Waals surface area contributed by atoms with Crippen LogP contribution in [0.5, 0.6) is 5.75 Å². The van der Waals surface area contributed by atoms with Gasteiger partial charge >= 0.3 is 0 Å². The largest absolute Gasteiger partial charge is 0.484 e. The molecule has 0 unspecified atom stereocenters. The van der Waals surface area contributed by atoms with E-state index in [0.717, 1.165) is 5.69 Å². The molecule has 7 nitrogen and oxygen atoms in total. The number of amides is 1. The first-order valence-corrected chi connectivity index (χ1v) is 7.45. The molecule has 1 N–H and O–H groups in total. The zero-order chi connectivity index (χ0) is 16.7. The molecule has 2 aromatic heterocycles. The average molecular weight is 319 g/mol. The van der Waals surface area contributed by atoms with Gasteiger partial charge in [0.2, 0.25) is 0 Å². The van der Waals surface area contributed by atoms with Crippen molar-refractivity contribution in [2.75, 3.05) is 13.2 Å². The van der Waals surface area contributed by atoms with E-state index in [-0.39, 0.29) is 24.3 Å². The van der Waals surface area contributed by atoms with Crippen molar-refractivity contribution in [2.24, 2.45) is 0 Å². The zero-order valence-corrected chi connectivity index (χ0v) is 13.5. The summed E-state index contributed by atoms with van der Waals surface area (Å²) in [5.41, 5.74) is 1.13. The number of rotatable bonds is 8. The number of ether oxygens (including phenoxy) is 2. The molecule has 2 rings (SSSR count). The summed E-state index contributed by atoms with van der Waals surface area (Å²) in [6.45, 7) is 6.84. The van der Waals surface area contributed by atoms with Crippen molar-refractivity contribution in [3.8, 4) is 5.75 Å². The number of hydrogen-bond donors (Lipinski definition) is 1. The van der Waals surface area contributed by atoms with E-state index in [1.54, 1.807) is 12.3 Å². The SMILES string of the molecule is Cc1ccc(OCc2cc(C(=O)NCCOC(C)C)no2)cn1. The molecule has 0 atom stereocenters. The van der Waals surface area contributed by atoms with Gasteiger partial charge in [0.15, 0.2) is 11.5 Å². The van der Waals surface area contributed by atoms with E-state index in [4.69, 9.17) is 14.0 Å². The molecule has 0 saturated carbocycles. The van der Waals surface area contributed by atoms with E-state index in [0.29, 0.717) is 24.7 Å². The van der Waals surface area contributed by atoms with E-state index in [1.165, 1.54) is 0 Å². The lowest BCUT2D eigenvalue weighted by atomic mass is 10.3. The number of hydrogen-bond acceptors (Lipinski definition) is 6. The van der Waals surface area contributed by atoms with Crippen LogP contribution >= 0.6 is 0 Å². The predicted octanol–water partition coefficient (Wildman–Crippen LogP) is 2.11. The topological polar surface area (TPSA) is 86.5 Å². The fraction of sp³-hybridized carbons (Fsp3) is 0.438. The molecule has 0 spiro atoms. The maximum atomic E-state index is 11.9. The third-order valence-corrected chi connectivity index (χ3v) is 2.90. The highest BCUT2D eigenvalue weighted by molar-refractivity contribution is 5.92. The minimum absolute atomic E-state index is 0.138. The summed E-state index contributed by atoms with van der Waals surface area (Å²) in [5, 5.41) is 6.44. The third-order valence-electron chi connectivity index (χ3n) is 2.90. The van der Waals surface area contributed by atoms with Crippen molar-refractivity contribution in [1.29, 1.82) is 0 Å². The van der Waals surface area contributed by atoms with E-state index >= 15 is 0 Å². The van der Waals surface area contributed by atoms with E-state index in [2.05, 4.69) is 15.5 Å². The van der Waals surface area contributed by atoms with Crippen LogP contribution < -0.4 is 10.1 Å². The van der Waals surface area contributed by atoms with Crippen LogP contribution in [-0.2, 0) is 11.3 Å². The Bertz CT molecular complexity index is 623. The summed E-state index contributed by atoms with van der Waals surface area (Å²) in [7, 11) is 0. The van der Waals surface area contributed by atoms with Crippen molar-refractivity contribution in [3.63, 3.8) is 0 Å². The molecule has 0 saturated heterocycles. The summed E-state index contributed by atoms with van der Waals surface area (Å²) in [6.07, 6.45) is 1.77. The molecule has 0 aliphatic rings. The Labute approximate surface area is 135 Å². The smallest absolute Gasteiger partial charge is 0.273 e. The van der Waals surface area contributed by atoms with Gasteiger partial charge in [-0.15, -0.1) is 0 Å². The molecule has 0 aliphatic carbocycles. The maximum Gasteiger partial charge on any atom is 0.273 e. The van der Waals surface area contributed by atoms with Gasteiger partial charge in [0.05, 0.1) is 18.9 Å². The maximum absolute atomic E-state index is 11.9. The van der Waals surface area contributed by atoms with Crippen LogP contribution in [0.1, 0.15) is 35.8 Å². The first kappa shape index (κ1) is 17.0. The van der Waals surface area contributed by atoms with Gasteiger partial charge in [0.1, 0.15) is 12.4 Å². The highest BCUT2D eigenvalue weighted by atomic mass is 16.5. The molecule has 23 heavy (non-hydrogen) atoms. The van der Waals surface area contributed by atoms with Crippen LogP contribution in [0.3, 0.4) is 0 Å². The number of aryl methyl sites for hydroxylation is 1. The van der Waals surface area contributed by atoms with Crippen LogP contribution in [0, 0.1) is 6.92 Å². The highest BCUT2D eigenvalue weighted by Gasteiger charge is 2.12. The molecule has 7 heteroatoms. The standard InChI is InChI=1S/C16H21N3O4/c1-11(2)21-7-6-17-16(20)15-8-14(23-19-15)10-22-13-5-4-12(3)18-9-13/h4-5,8-9,11H,6-7,10H2,1-3H3,(H,17,20). The molecule has 0 bridgehead atoms. The number of pyridine rings is 1. The van der Waals surface area contributed by atoms with Gasteiger partial charge in [-0.05, 0) is 32.9 Å². The number of carbonyl (C=O) groups is 1. The number of nitrogens with zero attached hydrogens (tertiary/aromatic N) is 2. The summed E-state index contributed by atoms with van der Waals surface area (Å²) in [4.78, 5) is 16.0. The second-order valence-electron chi connectivity index (χ2n) is 5.28. The molecular weight excluding hydrogens is 298 g/mol. The molecule has 124 valence electrons. The van der Waals surface area contributed by atoms with Crippen molar-refractivity contribution < 1.29 is 18.8 Å². The first-order chi connectivity index (χ1) is 11.0. The Morgan fingerprint density at radius 1 is 1.39 bits per heavy atom. The molecule has 0 radical (unpaired) electrons. The molecule has 0 fully saturated rings. The van der Waals surface area contributed by atoms with Crippen molar-refractivity contribution in [2.45, 2.75) is 33.5 Å². The fourth-order valence-corrected chi connectivity index (χ4v) is 1.73. The van der Waals surface area contributed by atoms with Crippen LogP contribution in [0.15, 0.2) is 28.9 Å². The zero-order valence-electron chi connectivity index (χ0n) is 13.5. The third kappa shape index (κ3) is 5.71. The molecule has 1 amide bonds. The van der Waals surface area contributed by atoms with Gasteiger partial charge in [-0.25, -0.2) is 0 Å². The van der Waals surface area contributed by atoms with Gasteiger partial charge in [0, 0.05) is 18.3 Å². The van der Waals surface area contributed by atoms with Gasteiger partial charge in [-0.2, -0.15) is 0 Å². The summed E-state index contributed by atoms with van der Waals surface area (Å²) >= 11 is 0. The average Bonchev–Trinajstić information content (AvgIpc) is 3.00. The normalized spacial score (nSPS) is 10.8. The first-order valence-electron chi connectivity index (χ1n) is 7.45. The second-order valence-corrected chi connectivity index (χ2v) is 5.28. The quantitative estimate of drug-likeness (QED) is 0.750. The minimum atomic E-state index is -0.302. The Morgan fingerprint density at radius 3 is 2.91 bits per heavy atom. The summed E-state index contributed by atoms with van der Waals surface area (Å²) in [6, 6.07) is 5.23. The fourth-order valence-electron chi connectivity index (χ4n) is 1.73. The minimum Gasteiger partial charge on any atom is -0.484 e. The van der Waals surface area contributed by atoms with Crippen LogP contribution in [0.25, 0.3) is 0 Å². The van der Waals surface area contributed by atoms with Crippen molar-refractivity contribution >= 4 is 5.91 Å². The van der Waals surface area contributed by atoms with E-state index in [9.17, 15) is 4.79 Å². The Morgan fingerprint density at radius 2 is 2.22 bits per heavy atom. The molecule has 0 aliphatic heterocycles. The predicted molar refractivity (Wildman–Crippen MR) is 83.2 cm³/mol. The van der Waals surface area contributed by atoms with Gasteiger partial charge in [0.25, 0.3) is 5.91 Å². The van der Waals surface area contributed by atoms with Crippen LogP contribution in [0.4, 0.5) is 0 Å².